The molecule has 1 atom stereocenters. The van der Waals surface area contributed by atoms with Gasteiger partial charge in [0.2, 0.25) is 5.60 Å². The Morgan fingerprint density at radius 1 is 1.10 bits per heavy atom. The number of aromatic nitrogens is 3. The summed E-state index contributed by atoms with van der Waals surface area (Å²) in [5.41, 5.74) is 3.74. The summed E-state index contributed by atoms with van der Waals surface area (Å²) < 4.78 is 7.37. The first-order valence-corrected chi connectivity index (χ1v) is 9.45. The summed E-state index contributed by atoms with van der Waals surface area (Å²) >= 11 is 0. The highest BCUT2D eigenvalue weighted by Gasteiger charge is 2.48. The Bertz CT molecular complexity index is 1240. The molecular formula is C22H20N4O3. The largest absolute Gasteiger partial charge is 0.373 e. The Labute approximate surface area is 167 Å². The number of amides is 1. The average molecular weight is 388 g/mol. The van der Waals surface area contributed by atoms with E-state index >= 15 is 0 Å². The van der Waals surface area contributed by atoms with E-state index < -0.39 is 5.60 Å². The molecule has 1 aliphatic heterocycles. The zero-order valence-electron chi connectivity index (χ0n) is 16.2. The van der Waals surface area contributed by atoms with E-state index in [0.717, 1.165) is 28.0 Å². The smallest absolute Gasteiger partial charge is 0.262 e. The number of pyridine rings is 1. The Morgan fingerprint density at radius 2 is 1.93 bits per heavy atom. The Balaban J connectivity index is 1.50. The normalized spacial score (nSPS) is 19.4. The van der Waals surface area contributed by atoms with E-state index in [9.17, 15) is 9.90 Å². The lowest BCUT2D eigenvalue weighted by Gasteiger charge is -2.16. The van der Waals surface area contributed by atoms with Crippen molar-refractivity contribution in [3.8, 4) is 22.4 Å². The molecule has 0 aliphatic carbocycles. The van der Waals surface area contributed by atoms with Crippen molar-refractivity contribution in [2.24, 2.45) is 0 Å². The fourth-order valence-corrected chi connectivity index (χ4v) is 3.84. The molecule has 1 fully saturated rings. The molecule has 5 rings (SSSR count). The van der Waals surface area contributed by atoms with Crippen LogP contribution in [0.4, 0.5) is 0 Å². The predicted molar refractivity (Wildman–Crippen MR) is 107 cm³/mol. The number of nitrogens with zero attached hydrogens (tertiary/aromatic N) is 4. The van der Waals surface area contributed by atoms with Gasteiger partial charge in [-0.25, -0.2) is 4.98 Å². The molecule has 3 aromatic heterocycles. The number of carbonyl (C=O) groups is 1. The summed E-state index contributed by atoms with van der Waals surface area (Å²) in [6, 6.07) is 13.6. The van der Waals surface area contributed by atoms with Crippen molar-refractivity contribution in [3.63, 3.8) is 0 Å². The molecule has 1 amide bonds. The van der Waals surface area contributed by atoms with Crippen LogP contribution >= 0.6 is 0 Å². The first-order valence-electron chi connectivity index (χ1n) is 9.45. The van der Waals surface area contributed by atoms with Crippen LogP contribution in [0.3, 0.4) is 0 Å². The quantitative estimate of drug-likeness (QED) is 0.583. The van der Waals surface area contributed by atoms with Gasteiger partial charge in [-0.15, -0.1) is 0 Å². The van der Waals surface area contributed by atoms with Crippen LogP contribution in [0.2, 0.25) is 0 Å². The van der Waals surface area contributed by atoms with Gasteiger partial charge in [0, 0.05) is 44.0 Å². The lowest BCUT2D eigenvalue weighted by Crippen LogP contribution is -2.35. The second-order valence-corrected chi connectivity index (χ2v) is 7.56. The minimum absolute atomic E-state index is 0.183. The monoisotopic (exact) mass is 388 g/mol. The van der Waals surface area contributed by atoms with Gasteiger partial charge in [-0.3, -0.25) is 4.79 Å². The van der Waals surface area contributed by atoms with Crippen LogP contribution < -0.4 is 0 Å². The van der Waals surface area contributed by atoms with E-state index in [0.29, 0.717) is 18.7 Å². The van der Waals surface area contributed by atoms with Crippen molar-refractivity contribution in [2.45, 2.75) is 18.9 Å². The van der Waals surface area contributed by atoms with Gasteiger partial charge in [0.1, 0.15) is 11.3 Å². The van der Waals surface area contributed by atoms with Crippen LogP contribution in [0, 0.1) is 6.92 Å². The number of hydrogen-bond acceptors (Lipinski definition) is 5. The van der Waals surface area contributed by atoms with Crippen molar-refractivity contribution in [1.82, 2.24) is 19.4 Å². The van der Waals surface area contributed by atoms with E-state index in [1.807, 2.05) is 60.1 Å². The molecule has 4 aromatic rings. The second-order valence-electron chi connectivity index (χ2n) is 7.56. The summed E-state index contributed by atoms with van der Waals surface area (Å²) in [7, 11) is 1.67. The lowest BCUT2D eigenvalue weighted by molar-refractivity contribution is -0.144. The fourth-order valence-electron chi connectivity index (χ4n) is 3.84. The van der Waals surface area contributed by atoms with Crippen LogP contribution in [0.5, 0.6) is 0 Å². The van der Waals surface area contributed by atoms with Crippen molar-refractivity contribution in [3.05, 3.63) is 66.3 Å². The Kier molecular flexibility index (Phi) is 3.82. The van der Waals surface area contributed by atoms with Crippen LogP contribution in [0.25, 0.3) is 28.0 Å². The van der Waals surface area contributed by atoms with E-state index in [1.54, 1.807) is 13.1 Å². The highest BCUT2D eigenvalue weighted by atomic mass is 16.5. The summed E-state index contributed by atoms with van der Waals surface area (Å²) in [5.74, 6) is -0.180. The molecule has 0 saturated carbocycles. The van der Waals surface area contributed by atoms with Crippen LogP contribution in [-0.2, 0) is 10.4 Å². The number of carbonyl (C=O) groups excluding carboxylic acids is 1. The van der Waals surface area contributed by atoms with Gasteiger partial charge in [0.05, 0.1) is 5.69 Å². The van der Waals surface area contributed by atoms with Gasteiger partial charge >= 0.3 is 0 Å². The van der Waals surface area contributed by atoms with Crippen LogP contribution in [-0.4, -0.2) is 44.0 Å². The summed E-state index contributed by atoms with van der Waals surface area (Å²) in [6.07, 6.45) is 4.32. The number of aliphatic hydroxyl groups is 1. The van der Waals surface area contributed by atoms with Crippen molar-refractivity contribution in [1.29, 1.82) is 0 Å². The second kappa shape index (κ2) is 6.28. The van der Waals surface area contributed by atoms with Crippen LogP contribution in [0.15, 0.2) is 59.4 Å². The molecule has 4 heterocycles. The van der Waals surface area contributed by atoms with Gasteiger partial charge < -0.3 is 18.9 Å². The number of hydrogen-bond donors (Lipinski definition) is 1. The summed E-state index contributed by atoms with van der Waals surface area (Å²) in [5, 5.41) is 14.9. The van der Waals surface area contributed by atoms with Gasteiger partial charge in [0.15, 0.2) is 5.76 Å². The van der Waals surface area contributed by atoms with E-state index in [2.05, 4.69) is 10.1 Å². The number of likely N-dealkylation sites (N-methyl/N-ethyl adjacent to an activating group) is 1. The Hall–Kier alpha value is -3.45. The number of likely N-dealkylation sites (tertiary alicyclic amines) is 1. The third kappa shape index (κ3) is 2.82. The molecule has 1 saturated heterocycles. The van der Waals surface area contributed by atoms with Gasteiger partial charge in [-0.2, -0.15) is 0 Å². The molecule has 1 aromatic carbocycles. The maximum absolute atomic E-state index is 12.3. The topological polar surface area (TPSA) is 83.9 Å². The van der Waals surface area contributed by atoms with Gasteiger partial charge in [-0.05, 0) is 36.2 Å². The first-order chi connectivity index (χ1) is 13.9. The molecule has 1 N–H and O–H groups in total. The third-order valence-corrected chi connectivity index (χ3v) is 5.49. The van der Waals surface area contributed by atoms with Crippen molar-refractivity contribution in [2.75, 3.05) is 13.6 Å². The highest BCUT2D eigenvalue weighted by Crippen LogP contribution is 2.35. The molecular weight excluding hydrogens is 368 g/mol. The first kappa shape index (κ1) is 17.6. The number of rotatable bonds is 3. The van der Waals surface area contributed by atoms with Crippen molar-refractivity contribution < 1.29 is 14.4 Å². The average Bonchev–Trinajstić information content (AvgIpc) is 3.42. The maximum Gasteiger partial charge on any atom is 0.262 e. The highest BCUT2D eigenvalue weighted by molar-refractivity contribution is 5.87. The summed E-state index contributed by atoms with van der Waals surface area (Å²) in [6.45, 7) is 2.45. The van der Waals surface area contributed by atoms with E-state index in [1.165, 1.54) is 4.90 Å². The lowest BCUT2D eigenvalue weighted by atomic mass is 9.97. The number of benzene rings is 1. The SMILES string of the molecule is Cc1cn2cc(-c3cccc(-c4cc([C@]5(O)CCN(C)C5=O)on4)c3)ccc2n1. The number of aryl methyl sites for hydroxylation is 1. The molecule has 7 heteroatoms. The van der Waals surface area contributed by atoms with Gasteiger partial charge in [-0.1, -0.05) is 23.4 Å². The molecule has 7 nitrogen and oxygen atoms in total. The molecule has 1 aliphatic rings. The molecule has 0 radical (unpaired) electrons. The standard InChI is InChI=1S/C22H20N4O3/c1-14-12-26-13-17(6-7-20(26)23-14)15-4-3-5-16(10-15)18-11-19(29-24-18)22(28)8-9-25(2)21(22)27/h3-7,10-13,28H,8-9H2,1-2H3/t22-/m1/s1. The van der Waals surface area contributed by atoms with Gasteiger partial charge in [0.25, 0.3) is 5.91 Å². The summed E-state index contributed by atoms with van der Waals surface area (Å²) in [4.78, 5) is 18.3. The molecule has 0 bridgehead atoms. The van der Waals surface area contributed by atoms with E-state index in [4.69, 9.17) is 4.52 Å². The molecule has 146 valence electrons. The molecule has 0 spiro atoms. The minimum Gasteiger partial charge on any atom is -0.373 e. The van der Waals surface area contributed by atoms with Crippen molar-refractivity contribution >= 4 is 11.6 Å². The zero-order chi connectivity index (χ0) is 20.2. The van der Waals surface area contributed by atoms with Crippen LogP contribution in [0.1, 0.15) is 17.9 Å². The minimum atomic E-state index is -1.64. The Morgan fingerprint density at radius 3 is 2.72 bits per heavy atom. The number of fused-ring (bicyclic) bond motifs is 1. The molecule has 0 unspecified atom stereocenters. The third-order valence-electron chi connectivity index (χ3n) is 5.49. The zero-order valence-corrected chi connectivity index (χ0v) is 16.2. The number of imidazole rings is 1. The molecule has 29 heavy (non-hydrogen) atoms. The predicted octanol–water partition coefficient (Wildman–Crippen LogP) is 3.01. The fraction of sp³-hybridized carbons (Fsp3) is 0.227. The maximum atomic E-state index is 12.3. The van der Waals surface area contributed by atoms with E-state index in [-0.39, 0.29) is 11.7 Å².